The molecule has 2 aliphatic rings. The minimum Gasteiger partial charge on any atom is -0.486 e. The number of para-hydroxylation sites is 1. The standard InChI is InChI=1S/C31H36F3N3O8S/c1-30(2,3)27-17-21(37(29(39)40)19-20-8-9-24-26(16-20)44-15-14-43-24)10-11-35(27)12-13-36-23-7-5-4-6-22(23)25(18-28(36)38)45-46(41,42)31(32,33)34/h4-9,16,18,21,27H,10-15,17,19H2,1-3H3,(H,39,40). The first-order valence-corrected chi connectivity index (χ1v) is 16.2. The van der Waals surface area contributed by atoms with Gasteiger partial charge >= 0.3 is 21.7 Å². The van der Waals surface area contributed by atoms with Gasteiger partial charge in [0.15, 0.2) is 17.2 Å². The lowest BCUT2D eigenvalue weighted by Crippen LogP contribution is -2.55. The van der Waals surface area contributed by atoms with Crippen LogP contribution in [0.25, 0.3) is 10.9 Å². The summed E-state index contributed by atoms with van der Waals surface area (Å²) in [5, 5.41) is 10.2. The van der Waals surface area contributed by atoms with Crippen LogP contribution in [0.5, 0.6) is 17.2 Å². The van der Waals surface area contributed by atoms with Gasteiger partial charge in [-0.2, -0.15) is 21.6 Å². The summed E-state index contributed by atoms with van der Waals surface area (Å²) in [5.41, 5.74) is -5.64. The predicted molar refractivity (Wildman–Crippen MR) is 163 cm³/mol. The van der Waals surface area contributed by atoms with Crippen LogP contribution in [-0.4, -0.2) is 77.9 Å². The molecule has 1 aromatic heterocycles. The number of fused-ring (bicyclic) bond motifs is 2. The molecule has 1 fully saturated rings. The number of hydrogen-bond donors (Lipinski definition) is 1. The van der Waals surface area contributed by atoms with Crippen LogP contribution in [0.15, 0.2) is 53.3 Å². The highest BCUT2D eigenvalue weighted by Crippen LogP contribution is 2.36. The van der Waals surface area contributed by atoms with E-state index in [4.69, 9.17) is 9.47 Å². The summed E-state index contributed by atoms with van der Waals surface area (Å²) >= 11 is 0. The Hall–Kier alpha value is -3.98. The quantitative estimate of drug-likeness (QED) is 0.259. The fourth-order valence-electron chi connectivity index (χ4n) is 6.18. The Morgan fingerprint density at radius 3 is 2.41 bits per heavy atom. The van der Waals surface area contributed by atoms with Crippen molar-refractivity contribution in [3.05, 3.63) is 64.4 Å². The summed E-state index contributed by atoms with van der Waals surface area (Å²) in [6.07, 6.45) is 0.0491. The maximum Gasteiger partial charge on any atom is 0.534 e. The molecule has 2 atom stereocenters. The molecule has 2 aliphatic heterocycles. The molecule has 15 heteroatoms. The van der Waals surface area contributed by atoms with Crippen LogP contribution < -0.4 is 19.2 Å². The van der Waals surface area contributed by atoms with Gasteiger partial charge in [0.25, 0.3) is 5.56 Å². The molecule has 3 heterocycles. The zero-order valence-corrected chi connectivity index (χ0v) is 26.4. The van der Waals surface area contributed by atoms with E-state index < -0.39 is 33.0 Å². The van der Waals surface area contributed by atoms with Crippen molar-refractivity contribution in [3.8, 4) is 17.2 Å². The fraction of sp³-hybridized carbons (Fsp3) is 0.484. The van der Waals surface area contributed by atoms with Crippen molar-refractivity contribution in [2.45, 2.75) is 64.3 Å². The number of carbonyl (C=O) groups is 1. The van der Waals surface area contributed by atoms with E-state index in [0.29, 0.717) is 50.6 Å². The van der Waals surface area contributed by atoms with Gasteiger partial charge < -0.3 is 28.2 Å². The van der Waals surface area contributed by atoms with E-state index >= 15 is 0 Å². The lowest BCUT2D eigenvalue weighted by atomic mass is 9.78. The van der Waals surface area contributed by atoms with Gasteiger partial charge in [0.2, 0.25) is 0 Å². The summed E-state index contributed by atoms with van der Waals surface area (Å²) in [6, 6.07) is 11.8. The number of ether oxygens (including phenoxy) is 2. The maximum atomic E-state index is 13.1. The van der Waals surface area contributed by atoms with Gasteiger partial charge in [-0.3, -0.25) is 9.69 Å². The van der Waals surface area contributed by atoms with Crippen molar-refractivity contribution in [2.75, 3.05) is 26.3 Å². The molecule has 1 N–H and O–H groups in total. The first-order valence-electron chi connectivity index (χ1n) is 14.8. The topological polar surface area (TPSA) is 128 Å². The van der Waals surface area contributed by atoms with E-state index in [-0.39, 0.29) is 41.5 Å². The molecule has 0 radical (unpaired) electrons. The van der Waals surface area contributed by atoms with Crippen LogP contribution >= 0.6 is 0 Å². The number of pyridine rings is 1. The fourth-order valence-corrected chi connectivity index (χ4v) is 6.65. The number of nitrogens with zero attached hydrogens (tertiary/aromatic N) is 3. The van der Waals surface area contributed by atoms with Crippen molar-refractivity contribution in [3.63, 3.8) is 0 Å². The highest BCUT2D eigenvalue weighted by Gasteiger charge is 2.49. The zero-order valence-electron chi connectivity index (χ0n) is 25.6. The number of halogens is 3. The molecule has 5 rings (SSSR count). The van der Waals surface area contributed by atoms with Crippen molar-refractivity contribution < 1.29 is 45.1 Å². The maximum absolute atomic E-state index is 13.1. The first kappa shape index (κ1) is 33.4. The summed E-state index contributed by atoms with van der Waals surface area (Å²) in [4.78, 5) is 29.2. The Kier molecular flexibility index (Phi) is 9.19. The van der Waals surface area contributed by atoms with E-state index in [9.17, 15) is 36.3 Å². The van der Waals surface area contributed by atoms with E-state index in [2.05, 4.69) is 29.9 Å². The van der Waals surface area contributed by atoms with Crippen molar-refractivity contribution in [1.82, 2.24) is 14.4 Å². The van der Waals surface area contributed by atoms with Crippen LogP contribution in [0, 0.1) is 5.41 Å². The average Bonchev–Trinajstić information content (AvgIpc) is 2.98. The van der Waals surface area contributed by atoms with E-state index in [1.54, 1.807) is 18.2 Å². The Morgan fingerprint density at radius 1 is 1.04 bits per heavy atom. The second kappa shape index (κ2) is 12.7. The Labute approximate surface area is 264 Å². The number of piperidine rings is 1. The van der Waals surface area contributed by atoms with Crippen LogP contribution in [0.2, 0.25) is 0 Å². The smallest absolute Gasteiger partial charge is 0.486 e. The predicted octanol–water partition coefficient (Wildman–Crippen LogP) is 5.06. The molecule has 11 nitrogen and oxygen atoms in total. The van der Waals surface area contributed by atoms with Gasteiger partial charge in [-0.25, -0.2) is 4.79 Å². The molecule has 1 saturated heterocycles. The molecule has 0 spiro atoms. The Balaban J connectivity index is 1.35. The third-order valence-corrected chi connectivity index (χ3v) is 9.37. The summed E-state index contributed by atoms with van der Waals surface area (Å²) in [7, 11) is -5.98. The van der Waals surface area contributed by atoms with E-state index in [1.165, 1.54) is 27.7 Å². The molecule has 46 heavy (non-hydrogen) atoms. The third-order valence-electron chi connectivity index (χ3n) is 8.41. The van der Waals surface area contributed by atoms with Crippen molar-refractivity contribution in [1.29, 1.82) is 0 Å². The summed E-state index contributed by atoms with van der Waals surface area (Å²) in [6.45, 7) is 8.32. The molecule has 0 bridgehead atoms. The second-order valence-electron chi connectivity index (χ2n) is 12.5. The van der Waals surface area contributed by atoms with Gasteiger partial charge in [0.05, 0.1) is 5.52 Å². The largest absolute Gasteiger partial charge is 0.534 e. The molecular formula is C31H36F3N3O8S. The lowest BCUT2D eigenvalue weighted by Gasteiger charge is -2.48. The molecule has 3 aromatic rings. The molecule has 1 amide bonds. The van der Waals surface area contributed by atoms with Crippen molar-refractivity contribution >= 4 is 27.1 Å². The average molecular weight is 668 g/mol. The highest BCUT2D eigenvalue weighted by molar-refractivity contribution is 7.88. The monoisotopic (exact) mass is 667 g/mol. The number of likely N-dealkylation sites (tertiary alicyclic amines) is 1. The SMILES string of the molecule is CC(C)(C)C1CC(N(Cc2ccc3c(c2)OCCO3)C(=O)O)CCN1CCn1c(=O)cc(OS(=O)(=O)C(F)(F)F)c2ccccc21. The minimum absolute atomic E-state index is 0.0391. The Bertz CT molecular complexity index is 1770. The molecule has 2 aromatic carbocycles. The van der Waals surface area contributed by atoms with Crippen molar-refractivity contribution in [2.24, 2.45) is 5.41 Å². The van der Waals surface area contributed by atoms with Gasteiger partial charge in [-0.15, -0.1) is 0 Å². The van der Waals surface area contributed by atoms with Crippen LogP contribution in [-0.2, 0) is 23.2 Å². The van der Waals surface area contributed by atoms with Gasteiger partial charge in [-0.05, 0) is 48.1 Å². The molecule has 2 unspecified atom stereocenters. The number of benzene rings is 2. The normalized spacial score (nSPS) is 19.2. The van der Waals surface area contributed by atoms with Crippen LogP contribution in [0.1, 0.15) is 39.2 Å². The summed E-state index contributed by atoms with van der Waals surface area (Å²) in [5.74, 6) is 0.508. The minimum atomic E-state index is -5.98. The number of alkyl halides is 3. The van der Waals surface area contributed by atoms with Crippen LogP contribution in [0.4, 0.5) is 18.0 Å². The second-order valence-corrected chi connectivity index (χ2v) is 14.0. The van der Waals surface area contributed by atoms with Crippen LogP contribution in [0.3, 0.4) is 0 Å². The highest BCUT2D eigenvalue weighted by atomic mass is 32.2. The number of amides is 1. The number of carboxylic acid groups (broad SMARTS) is 1. The lowest BCUT2D eigenvalue weighted by molar-refractivity contribution is -0.0499. The number of rotatable bonds is 8. The van der Waals surface area contributed by atoms with Gasteiger partial charge in [-0.1, -0.05) is 39.0 Å². The molecule has 0 aliphatic carbocycles. The summed E-state index contributed by atoms with van der Waals surface area (Å²) < 4.78 is 79.4. The zero-order chi connectivity index (χ0) is 33.4. The number of aromatic nitrogens is 1. The van der Waals surface area contributed by atoms with E-state index in [1.807, 2.05) is 6.07 Å². The van der Waals surface area contributed by atoms with E-state index in [0.717, 1.165) is 11.6 Å². The van der Waals surface area contributed by atoms with Gasteiger partial charge in [0, 0.05) is 49.7 Å². The molecular weight excluding hydrogens is 631 g/mol. The Morgan fingerprint density at radius 2 is 1.74 bits per heavy atom. The molecule has 0 saturated carbocycles. The third kappa shape index (κ3) is 7.04. The number of hydrogen-bond acceptors (Lipinski definition) is 8. The molecule has 250 valence electrons. The first-order chi connectivity index (χ1) is 21.5. The van der Waals surface area contributed by atoms with Gasteiger partial charge in [0.1, 0.15) is 13.2 Å².